The van der Waals surface area contributed by atoms with E-state index in [1.807, 2.05) is 0 Å². The Labute approximate surface area is 86.7 Å². The molecular weight excluding hydrogens is 198 g/mol. The first-order valence-corrected chi connectivity index (χ1v) is 4.64. The molecule has 0 saturated heterocycles. The fraction of sp³-hybridized carbons (Fsp3) is 0.400. The Bertz CT molecular complexity index is 363. The summed E-state index contributed by atoms with van der Waals surface area (Å²) in [6, 6.07) is 2.58. The molecule has 1 aromatic heterocycles. The summed E-state index contributed by atoms with van der Waals surface area (Å²) in [6.07, 6.45) is 1.15. The smallest absolute Gasteiger partial charge is 0.335 e. The van der Waals surface area contributed by atoms with Crippen molar-refractivity contribution in [1.82, 2.24) is 5.32 Å². The molecule has 0 aliphatic heterocycles. The van der Waals surface area contributed by atoms with Gasteiger partial charge in [-0.2, -0.15) is 0 Å². The van der Waals surface area contributed by atoms with E-state index in [0.717, 1.165) is 6.26 Å². The van der Waals surface area contributed by atoms with Gasteiger partial charge in [0.15, 0.2) is 0 Å². The van der Waals surface area contributed by atoms with Gasteiger partial charge in [-0.25, -0.2) is 4.79 Å². The normalized spacial score (nSPS) is 12.1. The van der Waals surface area contributed by atoms with Gasteiger partial charge in [-0.15, -0.1) is 0 Å². The first kappa shape index (κ1) is 11.5. The van der Waals surface area contributed by atoms with E-state index in [0.29, 0.717) is 18.5 Å². The highest BCUT2D eigenvalue weighted by Crippen LogP contribution is 1.95. The highest BCUT2D eigenvalue weighted by Gasteiger charge is 2.05. The third kappa shape index (κ3) is 3.95. The average molecular weight is 211 g/mol. The lowest BCUT2D eigenvalue weighted by molar-refractivity contribution is 0.0943. The van der Waals surface area contributed by atoms with Crippen LogP contribution in [0, 0.1) is 0 Å². The number of hydrogen-bond donors (Lipinski definition) is 2. The molecule has 1 atom stereocenters. The zero-order chi connectivity index (χ0) is 11.3. The summed E-state index contributed by atoms with van der Waals surface area (Å²) >= 11 is 0. The first-order chi connectivity index (χ1) is 7.09. The van der Waals surface area contributed by atoms with Crippen molar-refractivity contribution in [3.63, 3.8) is 0 Å². The zero-order valence-corrected chi connectivity index (χ0v) is 8.40. The Morgan fingerprint density at radius 2 is 2.33 bits per heavy atom. The second-order valence-electron chi connectivity index (χ2n) is 3.24. The van der Waals surface area contributed by atoms with E-state index in [9.17, 15) is 9.59 Å². The van der Waals surface area contributed by atoms with Crippen LogP contribution in [0.1, 0.15) is 23.7 Å². The predicted octanol–water partition coefficient (Wildman–Crippen LogP) is 0.141. The van der Waals surface area contributed by atoms with E-state index in [-0.39, 0.29) is 5.91 Å². The van der Waals surface area contributed by atoms with Gasteiger partial charge >= 0.3 is 5.63 Å². The summed E-state index contributed by atoms with van der Waals surface area (Å²) in [7, 11) is 0. The molecule has 0 aliphatic carbocycles. The summed E-state index contributed by atoms with van der Waals surface area (Å²) in [5.74, 6) is -0.320. The van der Waals surface area contributed by atoms with E-state index in [4.69, 9.17) is 5.11 Å². The van der Waals surface area contributed by atoms with Gasteiger partial charge < -0.3 is 14.8 Å². The van der Waals surface area contributed by atoms with Crippen LogP contribution in [0.3, 0.4) is 0 Å². The van der Waals surface area contributed by atoms with E-state index in [1.165, 1.54) is 12.1 Å². The number of nitrogens with one attached hydrogen (secondary N) is 1. The van der Waals surface area contributed by atoms with Crippen molar-refractivity contribution in [3.8, 4) is 0 Å². The van der Waals surface area contributed by atoms with Crippen LogP contribution in [-0.4, -0.2) is 23.7 Å². The van der Waals surface area contributed by atoms with Crippen molar-refractivity contribution in [1.29, 1.82) is 0 Å². The number of carbonyl (C=O) groups is 1. The molecule has 0 aromatic carbocycles. The highest BCUT2D eigenvalue weighted by molar-refractivity contribution is 5.93. The molecular formula is C10H13NO4. The maximum absolute atomic E-state index is 11.4. The van der Waals surface area contributed by atoms with Crippen molar-refractivity contribution in [2.75, 3.05) is 6.54 Å². The van der Waals surface area contributed by atoms with Gasteiger partial charge in [0.2, 0.25) is 0 Å². The Hall–Kier alpha value is -1.62. The Balaban J connectivity index is 2.47. The summed E-state index contributed by atoms with van der Waals surface area (Å²) in [4.78, 5) is 22.0. The molecule has 1 amide bonds. The van der Waals surface area contributed by atoms with Gasteiger partial charge in [0, 0.05) is 12.6 Å². The molecule has 0 aliphatic rings. The summed E-state index contributed by atoms with van der Waals surface area (Å²) < 4.78 is 4.54. The molecule has 0 radical (unpaired) electrons. The number of amides is 1. The van der Waals surface area contributed by atoms with Crippen LogP contribution < -0.4 is 10.9 Å². The topological polar surface area (TPSA) is 79.5 Å². The zero-order valence-electron chi connectivity index (χ0n) is 8.40. The largest absolute Gasteiger partial charge is 0.430 e. The first-order valence-electron chi connectivity index (χ1n) is 4.64. The molecule has 2 N–H and O–H groups in total. The number of rotatable bonds is 4. The summed E-state index contributed by atoms with van der Waals surface area (Å²) in [5.41, 5.74) is -0.198. The van der Waals surface area contributed by atoms with Crippen molar-refractivity contribution in [2.45, 2.75) is 19.4 Å². The molecule has 1 heterocycles. The van der Waals surface area contributed by atoms with Crippen molar-refractivity contribution < 1.29 is 14.3 Å². The minimum Gasteiger partial charge on any atom is -0.430 e. The number of aliphatic hydroxyl groups is 1. The maximum Gasteiger partial charge on any atom is 0.335 e. The molecule has 5 heteroatoms. The van der Waals surface area contributed by atoms with Gasteiger partial charge in [0.05, 0.1) is 11.7 Å². The molecule has 1 aromatic rings. The van der Waals surface area contributed by atoms with Crippen LogP contribution >= 0.6 is 0 Å². The number of aliphatic hydroxyl groups excluding tert-OH is 1. The van der Waals surface area contributed by atoms with Gasteiger partial charge in [-0.05, 0) is 19.4 Å². The molecule has 0 fully saturated rings. The van der Waals surface area contributed by atoms with Gasteiger partial charge in [-0.3, -0.25) is 4.79 Å². The SMILES string of the molecule is CC(O)CCNC(=O)c1ccc(=O)oc1. The number of hydrogen-bond acceptors (Lipinski definition) is 4. The molecule has 82 valence electrons. The minimum absolute atomic E-state index is 0.292. The van der Waals surface area contributed by atoms with Crippen LogP contribution in [0.4, 0.5) is 0 Å². The molecule has 0 saturated carbocycles. The predicted molar refractivity (Wildman–Crippen MR) is 53.6 cm³/mol. The van der Waals surface area contributed by atoms with Crippen LogP contribution in [0.2, 0.25) is 0 Å². The quantitative estimate of drug-likeness (QED) is 0.742. The lowest BCUT2D eigenvalue weighted by Crippen LogP contribution is -2.26. The molecule has 5 nitrogen and oxygen atoms in total. The minimum atomic E-state index is -0.490. The van der Waals surface area contributed by atoms with Crippen molar-refractivity contribution in [2.24, 2.45) is 0 Å². The molecule has 15 heavy (non-hydrogen) atoms. The van der Waals surface area contributed by atoms with E-state index in [1.54, 1.807) is 6.92 Å². The highest BCUT2D eigenvalue weighted by atomic mass is 16.4. The second-order valence-corrected chi connectivity index (χ2v) is 3.24. The summed E-state index contributed by atoms with van der Waals surface area (Å²) in [6.45, 7) is 2.03. The Kier molecular flexibility index (Phi) is 4.05. The van der Waals surface area contributed by atoms with E-state index < -0.39 is 11.7 Å². The molecule has 1 unspecified atom stereocenters. The standard InChI is InChI=1S/C10H13NO4/c1-7(12)4-5-11-10(14)8-2-3-9(13)15-6-8/h2-3,6-7,12H,4-5H2,1H3,(H,11,14). The van der Waals surface area contributed by atoms with Crippen LogP contribution in [0.5, 0.6) is 0 Å². The fourth-order valence-electron chi connectivity index (χ4n) is 0.984. The van der Waals surface area contributed by atoms with Crippen molar-refractivity contribution in [3.05, 3.63) is 34.4 Å². The Morgan fingerprint density at radius 1 is 1.60 bits per heavy atom. The fourth-order valence-corrected chi connectivity index (χ4v) is 0.984. The summed E-state index contributed by atoms with van der Waals surface area (Å²) in [5, 5.41) is 11.5. The maximum atomic E-state index is 11.4. The van der Waals surface area contributed by atoms with Gasteiger partial charge in [-0.1, -0.05) is 0 Å². The second kappa shape index (κ2) is 5.31. The third-order valence-corrected chi connectivity index (χ3v) is 1.81. The third-order valence-electron chi connectivity index (χ3n) is 1.81. The molecule has 0 bridgehead atoms. The van der Waals surface area contributed by atoms with E-state index in [2.05, 4.69) is 9.73 Å². The average Bonchev–Trinajstić information content (AvgIpc) is 2.18. The van der Waals surface area contributed by atoms with E-state index >= 15 is 0 Å². The lowest BCUT2D eigenvalue weighted by Gasteiger charge is -2.05. The molecule has 0 spiro atoms. The van der Waals surface area contributed by atoms with Gasteiger partial charge in [0.25, 0.3) is 5.91 Å². The van der Waals surface area contributed by atoms with Crippen molar-refractivity contribution >= 4 is 5.91 Å². The van der Waals surface area contributed by atoms with Crippen LogP contribution in [0.25, 0.3) is 0 Å². The Morgan fingerprint density at radius 3 is 2.87 bits per heavy atom. The molecule has 1 rings (SSSR count). The lowest BCUT2D eigenvalue weighted by atomic mass is 10.2. The monoisotopic (exact) mass is 211 g/mol. The number of carbonyl (C=O) groups excluding carboxylic acids is 1. The van der Waals surface area contributed by atoms with Crippen LogP contribution in [-0.2, 0) is 0 Å². The van der Waals surface area contributed by atoms with Gasteiger partial charge in [0.1, 0.15) is 6.26 Å². The van der Waals surface area contributed by atoms with Crippen LogP contribution in [0.15, 0.2) is 27.6 Å².